The molecule has 1 unspecified atom stereocenters. The molecule has 1 fully saturated rings. The predicted molar refractivity (Wildman–Crippen MR) is 86.1 cm³/mol. The Balaban J connectivity index is 1.97. The molecule has 4 nitrogen and oxygen atoms in total. The van der Waals surface area contributed by atoms with Crippen molar-refractivity contribution >= 4 is 11.7 Å². The number of aromatic nitrogens is 1. The third-order valence-electron chi connectivity index (χ3n) is 4.14. The van der Waals surface area contributed by atoms with Gasteiger partial charge in [0.05, 0.1) is 12.2 Å². The van der Waals surface area contributed by atoms with Crippen LogP contribution in [0, 0.1) is 5.92 Å². The third kappa shape index (κ3) is 4.73. The first kappa shape index (κ1) is 15.8. The number of hydrogen-bond donors (Lipinski definition) is 1. The summed E-state index contributed by atoms with van der Waals surface area (Å²) in [4.78, 5) is 18.8. The van der Waals surface area contributed by atoms with Gasteiger partial charge in [0.15, 0.2) is 0 Å². The maximum atomic E-state index is 12.3. The number of carbonyl (C=O) groups is 1. The maximum Gasteiger partial charge on any atom is 0.222 e. The van der Waals surface area contributed by atoms with Gasteiger partial charge in [-0.1, -0.05) is 25.8 Å². The van der Waals surface area contributed by atoms with E-state index in [1.54, 1.807) is 0 Å². The van der Waals surface area contributed by atoms with Gasteiger partial charge < -0.3 is 10.2 Å². The van der Waals surface area contributed by atoms with Crippen molar-refractivity contribution in [2.75, 3.05) is 18.4 Å². The second kappa shape index (κ2) is 8.01. The molecule has 0 aliphatic carbocycles. The van der Waals surface area contributed by atoms with Gasteiger partial charge in [0.25, 0.3) is 0 Å². The maximum absolute atomic E-state index is 12.3. The van der Waals surface area contributed by atoms with E-state index in [1.165, 1.54) is 12.8 Å². The molecule has 21 heavy (non-hydrogen) atoms. The molecule has 0 spiro atoms. The number of hydrogen-bond acceptors (Lipinski definition) is 3. The fourth-order valence-corrected chi connectivity index (χ4v) is 3.00. The summed E-state index contributed by atoms with van der Waals surface area (Å²) in [6.45, 7) is 6.65. The molecule has 1 aliphatic heterocycles. The van der Waals surface area contributed by atoms with Crippen LogP contribution in [0.1, 0.15) is 51.6 Å². The van der Waals surface area contributed by atoms with Crippen LogP contribution in [0.15, 0.2) is 18.2 Å². The molecular formula is C17H27N3O. The number of likely N-dealkylation sites (tertiary alicyclic amines) is 1. The van der Waals surface area contributed by atoms with Crippen molar-refractivity contribution in [1.82, 2.24) is 9.88 Å². The Labute approximate surface area is 127 Å². The fourth-order valence-electron chi connectivity index (χ4n) is 3.00. The van der Waals surface area contributed by atoms with E-state index < -0.39 is 0 Å². The largest absolute Gasteiger partial charge is 0.370 e. The van der Waals surface area contributed by atoms with E-state index in [0.717, 1.165) is 37.4 Å². The van der Waals surface area contributed by atoms with Crippen molar-refractivity contribution in [3.63, 3.8) is 0 Å². The summed E-state index contributed by atoms with van der Waals surface area (Å²) in [7, 11) is 0. The topological polar surface area (TPSA) is 45.2 Å². The van der Waals surface area contributed by atoms with E-state index in [1.807, 2.05) is 23.1 Å². The molecule has 0 aromatic carbocycles. The molecule has 1 N–H and O–H groups in total. The molecule has 0 radical (unpaired) electrons. The number of pyridine rings is 1. The molecule has 0 bridgehead atoms. The number of carbonyl (C=O) groups excluding carboxylic acids is 1. The van der Waals surface area contributed by atoms with E-state index in [2.05, 4.69) is 24.1 Å². The zero-order valence-corrected chi connectivity index (χ0v) is 13.3. The van der Waals surface area contributed by atoms with Crippen molar-refractivity contribution in [2.24, 2.45) is 5.92 Å². The monoisotopic (exact) mass is 289 g/mol. The van der Waals surface area contributed by atoms with Gasteiger partial charge >= 0.3 is 0 Å². The first-order chi connectivity index (χ1) is 10.2. The Hall–Kier alpha value is -1.58. The summed E-state index contributed by atoms with van der Waals surface area (Å²) < 4.78 is 0. The Morgan fingerprint density at radius 2 is 2.19 bits per heavy atom. The first-order valence-corrected chi connectivity index (χ1v) is 8.20. The van der Waals surface area contributed by atoms with Crippen LogP contribution >= 0.6 is 0 Å². The summed E-state index contributed by atoms with van der Waals surface area (Å²) in [6.07, 6.45) is 5.33. The number of rotatable bonds is 6. The molecule has 0 saturated carbocycles. The first-order valence-electron chi connectivity index (χ1n) is 8.20. The van der Waals surface area contributed by atoms with Crippen LogP contribution in [-0.4, -0.2) is 28.9 Å². The lowest BCUT2D eigenvalue weighted by Gasteiger charge is -2.20. The highest BCUT2D eigenvalue weighted by molar-refractivity contribution is 5.76. The number of nitrogens with one attached hydrogen (secondary N) is 1. The Bertz CT molecular complexity index is 461. The van der Waals surface area contributed by atoms with E-state index >= 15 is 0 Å². The number of anilines is 1. The minimum Gasteiger partial charge on any atom is -0.370 e. The standard InChI is InChI=1S/C17H27N3O/c1-3-6-14-9-10-17(21)20(12-11-14)13-15-7-5-8-16(19-15)18-4-2/h5,7-8,14H,3-4,6,9-13H2,1-2H3,(H,18,19). The highest BCUT2D eigenvalue weighted by Crippen LogP contribution is 2.23. The lowest BCUT2D eigenvalue weighted by atomic mass is 9.96. The Kier molecular flexibility index (Phi) is 6.03. The summed E-state index contributed by atoms with van der Waals surface area (Å²) in [5, 5.41) is 3.22. The van der Waals surface area contributed by atoms with Gasteiger partial charge in [-0.3, -0.25) is 4.79 Å². The summed E-state index contributed by atoms with van der Waals surface area (Å²) >= 11 is 0. The van der Waals surface area contributed by atoms with Crippen molar-refractivity contribution < 1.29 is 4.79 Å². The molecule has 1 aromatic heterocycles. The highest BCUT2D eigenvalue weighted by Gasteiger charge is 2.22. The Morgan fingerprint density at radius 3 is 2.95 bits per heavy atom. The smallest absolute Gasteiger partial charge is 0.222 e. The average molecular weight is 289 g/mol. The van der Waals surface area contributed by atoms with Gasteiger partial charge in [-0.25, -0.2) is 4.98 Å². The normalized spacial score (nSPS) is 19.4. The van der Waals surface area contributed by atoms with E-state index in [4.69, 9.17) is 0 Å². The van der Waals surface area contributed by atoms with Crippen LogP contribution < -0.4 is 5.32 Å². The molecule has 4 heteroatoms. The third-order valence-corrected chi connectivity index (χ3v) is 4.14. The van der Waals surface area contributed by atoms with Gasteiger partial charge in [0.2, 0.25) is 5.91 Å². The second-order valence-corrected chi connectivity index (χ2v) is 5.84. The van der Waals surface area contributed by atoms with Gasteiger partial charge in [0, 0.05) is 19.5 Å². The van der Waals surface area contributed by atoms with Gasteiger partial charge in [-0.2, -0.15) is 0 Å². The minimum absolute atomic E-state index is 0.282. The van der Waals surface area contributed by atoms with Crippen molar-refractivity contribution in [3.8, 4) is 0 Å². The van der Waals surface area contributed by atoms with Crippen LogP contribution in [0.3, 0.4) is 0 Å². The molecular weight excluding hydrogens is 262 g/mol. The number of amides is 1. The molecule has 2 heterocycles. The van der Waals surface area contributed by atoms with Crippen molar-refractivity contribution in [2.45, 2.75) is 52.5 Å². The highest BCUT2D eigenvalue weighted by atomic mass is 16.2. The van der Waals surface area contributed by atoms with Gasteiger partial charge in [0.1, 0.15) is 5.82 Å². The predicted octanol–water partition coefficient (Wildman–Crippen LogP) is 3.44. The quantitative estimate of drug-likeness (QED) is 0.872. The lowest BCUT2D eigenvalue weighted by molar-refractivity contribution is -0.131. The van der Waals surface area contributed by atoms with E-state index in [9.17, 15) is 4.79 Å². The molecule has 1 aromatic rings. The summed E-state index contributed by atoms with van der Waals surface area (Å²) in [5.74, 6) is 1.88. The summed E-state index contributed by atoms with van der Waals surface area (Å²) in [5.41, 5.74) is 0.968. The zero-order valence-electron chi connectivity index (χ0n) is 13.3. The average Bonchev–Trinajstić information content (AvgIpc) is 2.64. The minimum atomic E-state index is 0.282. The molecule has 116 valence electrons. The van der Waals surface area contributed by atoms with Crippen LogP contribution in [0.5, 0.6) is 0 Å². The van der Waals surface area contributed by atoms with Crippen molar-refractivity contribution in [3.05, 3.63) is 23.9 Å². The second-order valence-electron chi connectivity index (χ2n) is 5.84. The van der Waals surface area contributed by atoms with Gasteiger partial charge in [-0.05, 0) is 37.8 Å². The van der Waals surface area contributed by atoms with Crippen LogP contribution in [0.2, 0.25) is 0 Å². The molecule has 1 amide bonds. The molecule has 1 saturated heterocycles. The van der Waals surface area contributed by atoms with Crippen LogP contribution in [-0.2, 0) is 11.3 Å². The zero-order chi connectivity index (χ0) is 15.1. The molecule has 1 atom stereocenters. The fraction of sp³-hybridized carbons (Fsp3) is 0.647. The SMILES string of the molecule is CCCC1CCC(=O)N(Cc2cccc(NCC)n2)CC1. The van der Waals surface area contributed by atoms with Crippen LogP contribution in [0.4, 0.5) is 5.82 Å². The Morgan fingerprint density at radius 1 is 1.33 bits per heavy atom. The number of nitrogens with zero attached hydrogens (tertiary/aromatic N) is 2. The van der Waals surface area contributed by atoms with Gasteiger partial charge in [-0.15, -0.1) is 0 Å². The van der Waals surface area contributed by atoms with Crippen molar-refractivity contribution in [1.29, 1.82) is 0 Å². The van der Waals surface area contributed by atoms with E-state index in [0.29, 0.717) is 18.9 Å². The molecule has 2 rings (SSSR count). The van der Waals surface area contributed by atoms with E-state index in [-0.39, 0.29) is 5.91 Å². The van der Waals surface area contributed by atoms with Crippen LogP contribution in [0.25, 0.3) is 0 Å². The summed E-state index contributed by atoms with van der Waals surface area (Å²) in [6, 6.07) is 5.97. The molecule has 1 aliphatic rings. The lowest BCUT2D eigenvalue weighted by Crippen LogP contribution is -2.30.